The molecule has 1 aromatic heterocycles. The Morgan fingerprint density at radius 3 is 2.62 bits per heavy atom. The normalized spacial score (nSPS) is 10.7. The molecule has 0 saturated carbocycles. The van der Waals surface area contributed by atoms with Crippen LogP contribution in [-0.4, -0.2) is 26.4 Å². The maximum Gasteiger partial charge on any atom is 0.234 e. The van der Waals surface area contributed by atoms with E-state index in [0.29, 0.717) is 33.9 Å². The highest BCUT2D eigenvalue weighted by molar-refractivity contribution is 7.99. The fraction of sp³-hybridized carbons (Fsp3) is 0.190. The minimum atomic E-state index is -0.132. The van der Waals surface area contributed by atoms with E-state index in [1.165, 1.54) is 11.8 Å². The number of nitrogens with zero attached hydrogens (tertiary/aromatic N) is 3. The molecule has 3 aromatic rings. The summed E-state index contributed by atoms with van der Waals surface area (Å²) in [5.41, 5.74) is 2.74. The van der Waals surface area contributed by atoms with Crippen LogP contribution in [0.1, 0.15) is 17.0 Å². The third-order valence-corrected chi connectivity index (χ3v) is 5.64. The van der Waals surface area contributed by atoms with E-state index in [-0.39, 0.29) is 11.7 Å². The van der Waals surface area contributed by atoms with Crippen molar-refractivity contribution < 1.29 is 4.79 Å². The van der Waals surface area contributed by atoms with Crippen molar-refractivity contribution in [3.8, 4) is 0 Å². The molecule has 0 unspecified atom stereocenters. The number of aromatic nitrogens is 3. The number of aryl methyl sites for hydroxylation is 1. The second-order valence-electron chi connectivity index (χ2n) is 6.40. The summed E-state index contributed by atoms with van der Waals surface area (Å²) in [4.78, 5) is 12.4. The van der Waals surface area contributed by atoms with Crippen LogP contribution in [0.25, 0.3) is 0 Å². The van der Waals surface area contributed by atoms with Crippen LogP contribution >= 0.6 is 35.0 Å². The minimum Gasteiger partial charge on any atom is -0.325 e. The number of halogens is 2. The van der Waals surface area contributed by atoms with Gasteiger partial charge in [-0.05, 0) is 42.3 Å². The summed E-state index contributed by atoms with van der Waals surface area (Å²) in [6.45, 7) is 6.29. The molecule has 2 aromatic carbocycles. The van der Waals surface area contributed by atoms with Crippen molar-refractivity contribution in [2.45, 2.75) is 25.0 Å². The van der Waals surface area contributed by atoms with Gasteiger partial charge >= 0.3 is 0 Å². The molecule has 0 atom stereocenters. The van der Waals surface area contributed by atoms with Gasteiger partial charge in [-0.15, -0.1) is 16.8 Å². The fourth-order valence-corrected chi connectivity index (χ4v) is 3.76. The van der Waals surface area contributed by atoms with E-state index in [4.69, 9.17) is 23.2 Å². The first-order valence-electron chi connectivity index (χ1n) is 8.92. The average molecular weight is 447 g/mol. The average Bonchev–Trinajstić information content (AvgIpc) is 3.07. The lowest BCUT2D eigenvalue weighted by Gasteiger charge is -2.10. The SMILES string of the molecule is C=CCn1c(Cc2ccc(Cl)cc2)nnc1SCC(=O)Nc1cc(Cl)ccc1C. The first-order chi connectivity index (χ1) is 14.0. The van der Waals surface area contributed by atoms with Crippen molar-refractivity contribution in [1.29, 1.82) is 0 Å². The molecule has 1 amide bonds. The lowest BCUT2D eigenvalue weighted by atomic mass is 10.1. The molecule has 0 saturated heterocycles. The fourth-order valence-electron chi connectivity index (χ4n) is 2.70. The number of rotatable bonds is 8. The number of carbonyl (C=O) groups excluding carboxylic acids is 1. The second kappa shape index (κ2) is 9.96. The molecule has 150 valence electrons. The zero-order chi connectivity index (χ0) is 20.8. The van der Waals surface area contributed by atoms with Gasteiger partial charge in [0.05, 0.1) is 5.75 Å². The molecule has 0 spiro atoms. The molecule has 3 rings (SSSR count). The van der Waals surface area contributed by atoms with E-state index >= 15 is 0 Å². The predicted octanol–water partition coefficient (Wildman–Crippen LogP) is 5.40. The number of amides is 1. The van der Waals surface area contributed by atoms with E-state index in [9.17, 15) is 4.79 Å². The Balaban J connectivity index is 1.67. The number of benzene rings is 2. The van der Waals surface area contributed by atoms with Crippen molar-refractivity contribution in [2.24, 2.45) is 0 Å². The van der Waals surface area contributed by atoms with Crippen molar-refractivity contribution >= 4 is 46.6 Å². The number of hydrogen-bond acceptors (Lipinski definition) is 4. The van der Waals surface area contributed by atoms with Crippen LogP contribution < -0.4 is 5.32 Å². The largest absolute Gasteiger partial charge is 0.325 e. The zero-order valence-corrected chi connectivity index (χ0v) is 18.2. The Morgan fingerprint density at radius 1 is 1.17 bits per heavy atom. The lowest BCUT2D eigenvalue weighted by Crippen LogP contribution is -2.15. The Bertz CT molecular complexity index is 1020. The van der Waals surface area contributed by atoms with E-state index in [1.807, 2.05) is 41.8 Å². The Hall–Kier alpha value is -2.28. The second-order valence-corrected chi connectivity index (χ2v) is 8.21. The summed E-state index contributed by atoms with van der Waals surface area (Å²) in [5.74, 6) is 0.885. The van der Waals surface area contributed by atoms with E-state index in [1.54, 1.807) is 18.2 Å². The highest BCUT2D eigenvalue weighted by Gasteiger charge is 2.14. The van der Waals surface area contributed by atoms with Crippen LogP contribution in [-0.2, 0) is 17.8 Å². The summed E-state index contributed by atoms with van der Waals surface area (Å²) in [6, 6.07) is 13.0. The molecule has 0 bridgehead atoms. The minimum absolute atomic E-state index is 0.132. The Kier molecular flexibility index (Phi) is 7.36. The van der Waals surface area contributed by atoms with E-state index < -0.39 is 0 Å². The van der Waals surface area contributed by atoms with E-state index in [0.717, 1.165) is 17.0 Å². The van der Waals surface area contributed by atoms with E-state index in [2.05, 4.69) is 22.1 Å². The monoisotopic (exact) mass is 446 g/mol. The molecule has 0 aliphatic carbocycles. The van der Waals surface area contributed by atoms with Gasteiger partial charge in [0.1, 0.15) is 5.82 Å². The van der Waals surface area contributed by atoms with Crippen LogP contribution in [0, 0.1) is 6.92 Å². The molecular formula is C21H20Cl2N4OS. The number of hydrogen-bond donors (Lipinski definition) is 1. The highest BCUT2D eigenvalue weighted by Crippen LogP contribution is 2.23. The van der Waals surface area contributed by atoms with Crippen LogP contribution in [0.5, 0.6) is 0 Å². The molecular weight excluding hydrogens is 427 g/mol. The number of nitrogens with one attached hydrogen (secondary N) is 1. The van der Waals surface area contributed by atoms with Gasteiger partial charge in [-0.1, -0.05) is 59.2 Å². The number of anilines is 1. The van der Waals surface area contributed by atoms with Crippen LogP contribution in [0.4, 0.5) is 5.69 Å². The number of thioether (sulfide) groups is 1. The Labute approximate surface area is 184 Å². The number of allylic oxidation sites excluding steroid dienone is 1. The zero-order valence-electron chi connectivity index (χ0n) is 15.9. The molecule has 1 heterocycles. The molecule has 5 nitrogen and oxygen atoms in total. The Morgan fingerprint density at radius 2 is 1.90 bits per heavy atom. The maximum absolute atomic E-state index is 12.4. The maximum atomic E-state index is 12.4. The van der Waals surface area contributed by atoms with Crippen molar-refractivity contribution in [3.63, 3.8) is 0 Å². The molecule has 0 aliphatic heterocycles. The number of carbonyl (C=O) groups is 1. The third kappa shape index (κ3) is 5.85. The molecule has 8 heteroatoms. The van der Waals surface area contributed by atoms with Gasteiger partial charge in [0, 0.05) is 28.7 Å². The topological polar surface area (TPSA) is 59.8 Å². The molecule has 0 fully saturated rings. The standard InChI is InChI=1S/C21H20Cl2N4OS/c1-3-10-27-19(11-15-5-8-16(22)9-6-15)25-26-21(27)29-13-20(28)24-18-12-17(23)7-4-14(18)2/h3-9,12H,1,10-11,13H2,2H3,(H,24,28). The van der Waals surface area contributed by atoms with Gasteiger partial charge in [-0.25, -0.2) is 0 Å². The molecule has 0 aliphatic rings. The van der Waals surface area contributed by atoms with Gasteiger partial charge in [0.15, 0.2) is 5.16 Å². The van der Waals surface area contributed by atoms with Gasteiger partial charge in [-0.3, -0.25) is 4.79 Å². The van der Waals surface area contributed by atoms with Gasteiger partial charge in [0.2, 0.25) is 5.91 Å². The van der Waals surface area contributed by atoms with Crippen LogP contribution in [0.2, 0.25) is 10.0 Å². The van der Waals surface area contributed by atoms with Gasteiger partial charge < -0.3 is 9.88 Å². The van der Waals surface area contributed by atoms with Crippen LogP contribution in [0.3, 0.4) is 0 Å². The summed E-state index contributed by atoms with van der Waals surface area (Å²) >= 11 is 13.3. The molecule has 1 N–H and O–H groups in total. The third-order valence-electron chi connectivity index (χ3n) is 4.19. The summed E-state index contributed by atoms with van der Waals surface area (Å²) in [5, 5.41) is 13.4. The summed E-state index contributed by atoms with van der Waals surface area (Å²) in [6.07, 6.45) is 2.40. The summed E-state index contributed by atoms with van der Waals surface area (Å²) < 4.78 is 1.96. The quantitative estimate of drug-likeness (QED) is 0.371. The van der Waals surface area contributed by atoms with Crippen molar-refractivity contribution in [1.82, 2.24) is 14.8 Å². The van der Waals surface area contributed by atoms with Gasteiger partial charge in [-0.2, -0.15) is 0 Å². The first kappa shape index (κ1) is 21.4. The molecule has 0 radical (unpaired) electrons. The van der Waals surface area contributed by atoms with Crippen LogP contribution in [0.15, 0.2) is 60.3 Å². The summed E-state index contributed by atoms with van der Waals surface area (Å²) in [7, 11) is 0. The smallest absolute Gasteiger partial charge is 0.234 e. The van der Waals surface area contributed by atoms with Crippen molar-refractivity contribution in [2.75, 3.05) is 11.1 Å². The highest BCUT2D eigenvalue weighted by atomic mass is 35.5. The predicted molar refractivity (Wildman–Crippen MR) is 120 cm³/mol. The molecule has 29 heavy (non-hydrogen) atoms. The first-order valence-corrected chi connectivity index (χ1v) is 10.7. The van der Waals surface area contributed by atoms with Gasteiger partial charge in [0.25, 0.3) is 0 Å². The lowest BCUT2D eigenvalue weighted by molar-refractivity contribution is -0.113. The van der Waals surface area contributed by atoms with Crippen molar-refractivity contribution in [3.05, 3.63) is 82.1 Å².